The van der Waals surface area contributed by atoms with Crippen molar-refractivity contribution < 1.29 is 0 Å². The zero-order valence-electron chi connectivity index (χ0n) is 10.8. The van der Waals surface area contributed by atoms with E-state index in [2.05, 4.69) is 37.3 Å². The minimum Gasteiger partial charge on any atom is -0.126 e. The molecule has 0 N–H and O–H groups in total. The van der Waals surface area contributed by atoms with Crippen LogP contribution in [0.2, 0.25) is 0 Å². The van der Waals surface area contributed by atoms with Crippen LogP contribution < -0.4 is 0 Å². The van der Waals surface area contributed by atoms with E-state index in [0.29, 0.717) is 0 Å². The molecule has 1 saturated carbocycles. The first-order valence-electron chi connectivity index (χ1n) is 6.52. The Kier molecular flexibility index (Phi) is 9.34. The Morgan fingerprint density at radius 2 is 1.76 bits per heavy atom. The molecule has 1 heteroatoms. The molecule has 0 amide bonds. The van der Waals surface area contributed by atoms with Crippen molar-refractivity contribution in [3.63, 3.8) is 0 Å². The maximum atomic E-state index is 2.38. The quantitative estimate of drug-likeness (QED) is 0.606. The summed E-state index contributed by atoms with van der Waals surface area (Å²) in [5.41, 5.74) is 0. The van der Waals surface area contributed by atoms with Crippen LogP contribution in [0, 0.1) is 11.8 Å². The van der Waals surface area contributed by atoms with Gasteiger partial charge in [-0.15, -0.1) is 11.8 Å². The molecule has 1 aromatic rings. The van der Waals surface area contributed by atoms with Gasteiger partial charge in [0.05, 0.1) is 0 Å². The van der Waals surface area contributed by atoms with E-state index in [1.165, 1.54) is 29.9 Å². The van der Waals surface area contributed by atoms with Crippen molar-refractivity contribution >= 4 is 11.8 Å². The van der Waals surface area contributed by atoms with Crippen molar-refractivity contribution in [2.24, 2.45) is 11.8 Å². The highest BCUT2D eigenvalue weighted by Gasteiger charge is 2.20. The fourth-order valence-electron chi connectivity index (χ4n) is 2.21. The molecule has 0 heterocycles. The van der Waals surface area contributed by atoms with Crippen LogP contribution >= 0.6 is 11.8 Å². The average molecular weight is 252 g/mol. The molecule has 1 fully saturated rings. The predicted octanol–water partition coefficient (Wildman–Crippen LogP) is 5.88. The summed E-state index contributed by atoms with van der Waals surface area (Å²) in [5, 5.41) is 0. The van der Waals surface area contributed by atoms with Gasteiger partial charge >= 0.3 is 0 Å². The number of thioether (sulfide) groups is 1. The molecule has 2 atom stereocenters. The molecule has 98 valence electrons. The van der Waals surface area contributed by atoms with E-state index in [0.717, 1.165) is 11.8 Å². The molecule has 0 bridgehead atoms. The van der Waals surface area contributed by atoms with Crippen molar-refractivity contribution in [1.82, 2.24) is 0 Å². The van der Waals surface area contributed by atoms with Crippen molar-refractivity contribution in [3.05, 3.63) is 30.3 Å². The lowest BCUT2D eigenvalue weighted by molar-refractivity contribution is 0.561. The zero-order valence-corrected chi connectivity index (χ0v) is 11.6. The zero-order chi connectivity index (χ0) is 11.8. The maximum absolute atomic E-state index is 2.38. The van der Waals surface area contributed by atoms with Gasteiger partial charge in [0.15, 0.2) is 0 Å². The van der Waals surface area contributed by atoms with E-state index in [9.17, 15) is 0 Å². The van der Waals surface area contributed by atoms with Crippen molar-refractivity contribution in [2.45, 2.75) is 52.4 Å². The summed E-state index contributed by atoms with van der Waals surface area (Å²) in [6.07, 6.45) is 4.33. The van der Waals surface area contributed by atoms with Gasteiger partial charge in [-0.1, -0.05) is 52.8 Å². The lowest BCUT2D eigenvalue weighted by Gasteiger charge is -2.08. The van der Waals surface area contributed by atoms with Gasteiger partial charge in [-0.05, 0) is 36.8 Å². The van der Waals surface area contributed by atoms with Crippen LogP contribution in [0.4, 0.5) is 0 Å². The SMILES string of the molecule is C.CC.CC1CCC(CSc2ccccc2)C1. The molecule has 0 spiro atoms. The molecule has 17 heavy (non-hydrogen) atoms. The van der Waals surface area contributed by atoms with Crippen LogP contribution in [0.25, 0.3) is 0 Å². The fraction of sp³-hybridized carbons (Fsp3) is 0.625. The van der Waals surface area contributed by atoms with E-state index >= 15 is 0 Å². The first-order chi connectivity index (χ1) is 7.84. The average Bonchev–Trinajstić information content (AvgIpc) is 2.77. The lowest BCUT2D eigenvalue weighted by atomic mass is 10.1. The third kappa shape index (κ3) is 6.16. The van der Waals surface area contributed by atoms with Crippen LogP contribution in [0.1, 0.15) is 47.5 Å². The van der Waals surface area contributed by atoms with Crippen molar-refractivity contribution in [1.29, 1.82) is 0 Å². The molecule has 0 saturated heterocycles. The molecule has 1 aromatic carbocycles. The first kappa shape index (κ1) is 16.6. The van der Waals surface area contributed by atoms with Crippen molar-refractivity contribution in [2.75, 3.05) is 5.75 Å². The van der Waals surface area contributed by atoms with E-state index in [-0.39, 0.29) is 7.43 Å². The van der Waals surface area contributed by atoms with E-state index in [1.54, 1.807) is 0 Å². The van der Waals surface area contributed by atoms with Crippen LogP contribution in [0.3, 0.4) is 0 Å². The second-order valence-electron chi connectivity index (χ2n) is 4.41. The van der Waals surface area contributed by atoms with E-state index < -0.39 is 0 Å². The van der Waals surface area contributed by atoms with Gasteiger partial charge in [0.1, 0.15) is 0 Å². The number of hydrogen-bond donors (Lipinski definition) is 0. The van der Waals surface area contributed by atoms with E-state index in [1.807, 2.05) is 25.6 Å². The lowest BCUT2D eigenvalue weighted by Crippen LogP contribution is -1.97. The summed E-state index contributed by atoms with van der Waals surface area (Å²) in [5.74, 6) is 3.25. The van der Waals surface area contributed by atoms with Gasteiger partial charge in [0.25, 0.3) is 0 Å². The Morgan fingerprint density at radius 3 is 2.29 bits per heavy atom. The second kappa shape index (κ2) is 9.58. The molecule has 0 nitrogen and oxygen atoms in total. The third-order valence-electron chi connectivity index (χ3n) is 3.03. The van der Waals surface area contributed by atoms with Crippen LogP contribution in [-0.2, 0) is 0 Å². The van der Waals surface area contributed by atoms with Gasteiger partial charge in [-0.2, -0.15) is 0 Å². The highest BCUT2D eigenvalue weighted by Crippen LogP contribution is 2.34. The maximum Gasteiger partial charge on any atom is 0.00720 e. The van der Waals surface area contributed by atoms with Gasteiger partial charge < -0.3 is 0 Å². The monoisotopic (exact) mass is 252 g/mol. The highest BCUT2D eigenvalue weighted by atomic mass is 32.2. The van der Waals surface area contributed by atoms with Crippen molar-refractivity contribution in [3.8, 4) is 0 Å². The van der Waals surface area contributed by atoms with Gasteiger partial charge in [0.2, 0.25) is 0 Å². The Hall–Kier alpha value is -0.430. The molecular formula is C16H28S. The summed E-state index contributed by atoms with van der Waals surface area (Å²) in [6, 6.07) is 10.8. The number of rotatable bonds is 3. The standard InChI is InChI=1S/C13H18S.C2H6.CH4/c1-11-7-8-12(9-11)10-14-13-5-3-2-4-6-13;1-2;/h2-6,11-12H,7-10H2,1H3;1-2H3;1H4. The smallest absolute Gasteiger partial charge is 0.00720 e. The minimum absolute atomic E-state index is 0. The summed E-state index contributed by atoms with van der Waals surface area (Å²) >= 11 is 2.02. The molecule has 0 radical (unpaired) electrons. The minimum atomic E-state index is 0. The molecule has 1 aliphatic rings. The molecular weight excluding hydrogens is 224 g/mol. The molecule has 1 aliphatic carbocycles. The fourth-order valence-corrected chi connectivity index (χ4v) is 3.29. The van der Waals surface area contributed by atoms with Crippen LogP contribution in [-0.4, -0.2) is 5.75 Å². The third-order valence-corrected chi connectivity index (χ3v) is 4.28. The molecule has 2 unspecified atom stereocenters. The van der Waals surface area contributed by atoms with Gasteiger partial charge in [-0.3, -0.25) is 0 Å². The Balaban J connectivity index is 0.000000811. The van der Waals surface area contributed by atoms with E-state index in [4.69, 9.17) is 0 Å². The number of benzene rings is 1. The first-order valence-corrected chi connectivity index (χ1v) is 7.51. The number of hydrogen-bond acceptors (Lipinski definition) is 1. The topological polar surface area (TPSA) is 0 Å². The Morgan fingerprint density at radius 1 is 1.12 bits per heavy atom. The Labute approximate surface area is 112 Å². The summed E-state index contributed by atoms with van der Waals surface area (Å²) in [7, 11) is 0. The summed E-state index contributed by atoms with van der Waals surface area (Å²) in [6.45, 7) is 6.38. The Bertz CT molecular complexity index is 268. The summed E-state index contributed by atoms with van der Waals surface area (Å²) < 4.78 is 0. The molecule has 2 rings (SSSR count). The predicted molar refractivity (Wildman–Crippen MR) is 81.8 cm³/mol. The van der Waals surface area contributed by atoms with Gasteiger partial charge in [-0.25, -0.2) is 0 Å². The highest BCUT2D eigenvalue weighted by molar-refractivity contribution is 7.99. The normalized spacial score (nSPS) is 22.3. The van der Waals surface area contributed by atoms with Crippen LogP contribution in [0.5, 0.6) is 0 Å². The van der Waals surface area contributed by atoms with Crippen LogP contribution in [0.15, 0.2) is 35.2 Å². The largest absolute Gasteiger partial charge is 0.126 e. The second-order valence-corrected chi connectivity index (χ2v) is 5.50. The molecule has 0 aromatic heterocycles. The summed E-state index contributed by atoms with van der Waals surface area (Å²) in [4.78, 5) is 1.42. The van der Waals surface area contributed by atoms with Gasteiger partial charge in [0, 0.05) is 10.6 Å². The molecule has 0 aliphatic heterocycles.